The van der Waals surface area contributed by atoms with Crippen molar-refractivity contribution >= 4 is 11.3 Å². The van der Waals surface area contributed by atoms with E-state index < -0.39 is 0 Å². The first-order valence-electron chi connectivity index (χ1n) is 7.04. The second kappa shape index (κ2) is 6.82. The molecule has 110 valence electrons. The first-order chi connectivity index (χ1) is 8.83. The van der Waals surface area contributed by atoms with Crippen molar-refractivity contribution in [3.8, 4) is 0 Å². The van der Waals surface area contributed by atoms with E-state index in [9.17, 15) is 0 Å². The first-order valence-corrected chi connectivity index (χ1v) is 7.92. The molecule has 3 nitrogen and oxygen atoms in total. The number of ether oxygens (including phenoxy) is 1. The molecule has 1 aromatic rings. The van der Waals surface area contributed by atoms with Gasteiger partial charge >= 0.3 is 0 Å². The van der Waals surface area contributed by atoms with Crippen LogP contribution in [0.5, 0.6) is 0 Å². The highest BCUT2D eigenvalue weighted by molar-refractivity contribution is 7.09. The predicted molar refractivity (Wildman–Crippen MR) is 83.0 cm³/mol. The number of hydrogen-bond acceptors (Lipinski definition) is 4. The van der Waals surface area contributed by atoms with E-state index in [-0.39, 0.29) is 11.0 Å². The molecule has 0 aliphatic carbocycles. The zero-order valence-corrected chi connectivity index (χ0v) is 14.0. The summed E-state index contributed by atoms with van der Waals surface area (Å²) in [6.07, 6.45) is 2.07. The van der Waals surface area contributed by atoms with Crippen molar-refractivity contribution in [3.05, 3.63) is 16.1 Å². The van der Waals surface area contributed by atoms with Crippen LogP contribution in [0.4, 0.5) is 0 Å². The Morgan fingerprint density at radius 1 is 1.32 bits per heavy atom. The summed E-state index contributed by atoms with van der Waals surface area (Å²) in [6.45, 7) is 12.8. The molecule has 0 spiro atoms. The molecule has 1 N–H and O–H groups in total. The van der Waals surface area contributed by atoms with Gasteiger partial charge in [0.1, 0.15) is 5.01 Å². The minimum atomic E-state index is -0.0831. The lowest BCUT2D eigenvalue weighted by Crippen LogP contribution is -2.41. The van der Waals surface area contributed by atoms with Crippen molar-refractivity contribution in [1.82, 2.24) is 10.3 Å². The lowest BCUT2D eigenvalue weighted by atomic mass is 9.93. The fourth-order valence-electron chi connectivity index (χ4n) is 1.85. The Kier molecular flexibility index (Phi) is 5.96. The minimum Gasteiger partial charge on any atom is -0.385 e. The fourth-order valence-corrected chi connectivity index (χ4v) is 3.06. The van der Waals surface area contributed by atoms with E-state index in [2.05, 4.69) is 45.3 Å². The van der Waals surface area contributed by atoms with Crippen molar-refractivity contribution in [1.29, 1.82) is 0 Å². The zero-order valence-electron chi connectivity index (χ0n) is 13.2. The minimum absolute atomic E-state index is 0.0831. The van der Waals surface area contributed by atoms with Gasteiger partial charge in [-0.2, -0.15) is 0 Å². The molecule has 19 heavy (non-hydrogen) atoms. The Morgan fingerprint density at radius 2 is 2.00 bits per heavy atom. The summed E-state index contributed by atoms with van der Waals surface area (Å²) in [6, 6.07) is 0. The van der Waals surface area contributed by atoms with Gasteiger partial charge in [-0.25, -0.2) is 4.98 Å². The Labute approximate surface area is 121 Å². The molecule has 0 aliphatic heterocycles. The lowest BCUT2D eigenvalue weighted by Gasteiger charge is -2.29. The van der Waals surface area contributed by atoms with Crippen LogP contribution in [0, 0.1) is 0 Å². The average molecular weight is 284 g/mol. The summed E-state index contributed by atoms with van der Waals surface area (Å²) in [5, 5.41) is 6.99. The molecule has 0 bridgehead atoms. The Morgan fingerprint density at radius 3 is 2.47 bits per heavy atom. The van der Waals surface area contributed by atoms with E-state index in [1.807, 2.05) is 0 Å². The highest BCUT2D eigenvalue weighted by Crippen LogP contribution is 2.31. The predicted octanol–water partition coefficient (Wildman–Crippen LogP) is 3.69. The number of rotatable bonds is 7. The van der Waals surface area contributed by atoms with Gasteiger partial charge in [-0.15, -0.1) is 11.3 Å². The van der Waals surface area contributed by atoms with Crippen LogP contribution in [0.2, 0.25) is 0 Å². The van der Waals surface area contributed by atoms with Crippen LogP contribution in [-0.2, 0) is 15.7 Å². The molecule has 1 rings (SSSR count). The first kappa shape index (κ1) is 16.6. The van der Waals surface area contributed by atoms with Crippen molar-refractivity contribution < 1.29 is 4.74 Å². The molecule has 1 unspecified atom stereocenters. The fraction of sp³-hybridized carbons (Fsp3) is 0.800. The Bertz CT molecular complexity index is 374. The van der Waals surface area contributed by atoms with E-state index in [0.717, 1.165) is 26.0 Å². The van der Waals surface area contributed by atoms with Gasteiger partial charge in [0.25, 0.3) is 0 Å². The topological polar surface area (TPSA) is 34.1 Å². The van der Waals surface area contributed by atoms with Gasteiger partial charge in [0, 0.05) is 24.5 Å². The number of hydrogen-bond donors (Lipinski definition) is 1. The third kappa shape index (κ3) is 4.55. The number of nitrogens with zero attached hydrogens (tertiary/aromatic N) is 1. The van der Waals surface area contributed by atoms with E-state index in [0.29, 0.717) is 0 Å². The van der Waals surface area contributed by atoms with E-state index >= 15 is 0 Å². The van der Waals surface area contributed by atoms with Crippen molar-refractivity contribution in [2.45, 2.75) is 58.4 Å². The smallest absolute Gasteiger partial charge is 0.113 e. The SMILES string of the molecule is CCCNC(C)(CCOC)c1nc(C(C)(C)C)cs1. The van der Waals surface area contributed by atoms with Gasteiger partial charge in [-0.05, 0) is 26.3 Å². The number of thiazole rings is 1. The summed E-state index contributed by atoms with van der Waals surface area (Å²) in [4.78, 5) is 4.86. The average Bonchev–Trinajstić information content (AvgIpc) is 2.84. The maximum atomic E-state index is 5.25. The quantitative estimate of drug-likeness (QED) is 0.829. The molecule has 0 fully saturated rings. The van der Waals surface area contributed by atoms with Gasteiger partial charge in [0.15, 0.2) is 0 Å². The Hall–Kier alpha value is -0.450. The second-order valence-electron chi connectivity index (χ2n) is 6.29. The molecular formula is C15H28N2OS. The van der Waals surface area contributed by atoms with Crippen LogP contribution in [0.15, 0.2) is 5.38 Å². The van der Waals surface area contributed by atoms with Crippen LogP contribution < -0.4 is 5.32 Å². The third-order valence-electron chi connectivity index (χ3n) is 3.32. The molecule has 0 aliphatic rings. The summed E-state index contributed by atoms with van der Waals surface area (Å²) in [7, 11) is 1.75. The molecular weight excluding hydrogens is 256 g/mol. The number of methoxy groups -OCH3 is 1. The summed E-state index contributed by atoms with van der Waals surface area (Å²) in [5.74, 6) is 0. The van der Waals surface area contributed by atoms with E-state index in [1.54, 1.807) is 18.4 Å². The highest BCUT2D eigenvalue weighted by Gasteiger charge is 2.30. The van der Waals surface area contributed by atoms with E-state index in [4.69, 9.17) is 9.72 Å². The number of aromatic nitrogens is 1. The summed E-state index contributed by atoms with van der Waals surface area (Å²) in [5.41, 5.74) is 1.21. The normalized spacial score (nSPS) is 15.5. The maximum Gasteiger partial charge on any atom is 0.113 e. The lowest BCUT2D eigenvalue weighted by molar-refractivity contribution is 0.159. The third-order valence-corrected chi connectivity index (χ3v) is 4.42. The van der Waals surface area contributed by atoms with Gasteiger partial charge in [-0.3, -0.25) is 0 Å². The molecule has 1 aromatic heterocycles. The van der Waals surface area contributed by atoms with Gasteiger partial charge in [0.05, 0.1) is 11.2 Å². The molecule has 0 amide bonds. The molecule has 4 heteroatoms. The Balaban J connectivity index is 2.93. The van der Waals surface area contributed by atoms with Gasteiger partial charge < -0.3 is 10.1 Å². The highest BCUT2D eigenvalue weighted by atomic mass is 32.1. The maximum absolute atomic E-state index is 5.25. The number of nitrogens with one attached hydrogen (secondary N) is 1. The molecule has 1 heterocycles. The van der Waals surface area contributed by atoms with Crippen molar-refractivity contribution in [3.63, 3.8) is 0 Å². The van der Waals surface area contributed by atoms with Crippen molar-refractivity contribution in [2.24, 2.45) is 0 Å². The van der Waals surface area contributed by atoms with Crippen molar-refractivity contribution in [2.75, 3.05) is 20.3 Å². The molecule has 0 aromatic carbocycles. The largest absolute Gasteiger partial charge is 0.385 e. The monoisotopic (exact) mass is 284 g/mol. The second-order valence-corrected chi connectivity index (χ2v) is 7.15. The van der Waals surface area contributed by atoms with Gasteiger partial charge in [-0.1, -0.05) is 27.7 Å². The van der Waals surface area contributed by atoms with Crippen LogP contribution in [0.3, 0.4) is 0 Å². The summed E-state index contributed by atoms with van der Waals surface area (Å²) < 4.78 is 5.25. The molecule has 0 saturated carbocycles. The van der Waals surface area contributed by atoms with Crippen LogP contribution in [-0.4, -0.2) is 25.2 Å². The molecule has 1 atom stereocenters. The molecule has 0 radical (unpaired) electrons. The summed E-state index contributed by atoms with van der Waals surface area (Å²) >= 11 is 1.76. The van der Waals surface area contributed by atoms with E-state index in [1.165, 1.54) is 10.7 Å². The standard InChI is InChI=1S/C15H28N2OS/c1-7-9-16-15(5,8-10-18-6)13-17-12(11-19-13)14(2,3)4/h11,16H,7-10H2,1-6H3. The van der Waals surface area contributed by atoms with Gasteiger partial charge in [0.2, 0.25) is 0 Å². The van der Waals surface area contributed by atoms with Crippen LogP contribution in [0.25, 0.3) is 0 Å². The van der Waals surface area contributed by atoms with Crippen LogP contribution >= 0.6 is 11.3 Å². The van der Waals surface area contributed by atoms with Crippen LogP contribution in [0.1, 0.15) is 58.2 Å². The zero-order chi connectivity index (χ0) is 14.5. The molecule has 0 saturated heterocycles.